The number of benzene rings is 2. The Morgan fingerprint density at radius 3 is 2.48 bits per heavy atom. The number of hydrazone groups is 1. The van der Waals surface area contributed by atoms with Gasteiger partial charge in [0.15, 0.2) is 11.5 Å². The highest BCUT2D eigenvalue weighted by Gasteiger charge is 2.28. The standard InChI is InChI=1S/C23H24N4O5S/c1-31-21-11-10-20(13-22(21)32-2)33(29,30)27(16-18-7-4-3-5-8-18)17-23(28)26-25-15-19-9-6-12-24-14-19/h3-15H,16-17H2,1-2H3,(H,26,28)/b25-15-. The average Bonchev–Trinajstić information content (AvgIpc) is 2.84. The predicted octanol–water partition coefficient (Wildman–Crippen LogP) is 2.44. The molecule has 3 aromatic rings. The Balaban J connectivity index is 1.84. The van der Waals surface area contributed by atoms with Gasteiger partial charge in [-0.25, -0.2) is 13.8 Å². The van der Waals surface area contributed by atoms with Crippen molar-refractivity contribution in [2.24, 2.45) is 5.10 Å². The van der Waals surface area contributed by atoms with Crippen LogP contribution in [0.3, 0.4) is 0 Å². The van der Waals surface area contributed by atoms with Gasteiger partial charge >= 0.3 is 0 Å². The molecule has 1 amide bonds. The Hall–Kier alpha value is -3.76. The fraction of sp³-hybridized carbons (Fsp3) is 0.174. The first kappa shape index (κ1) is 23.9. The lowest BCUT2D eigenvalue weighted by molar-refractivity contribution is -0.121. The molecule has 0 unspecified atom stereocenters. The average molecular weight is 469 g/mol. The van der Waals surface area contributed by atoms with Crippen molar-refractivity contribution in [2.75, 3.05) is 20.8 Å². The van der Waals surface area contributed by atoms with Gasteiger partial charge in [-0.2, -0.15) is 9.41 Å². The molecule has 172 valence electrons. The molecule has 0 fully saturated rings. The quantitative estimate of drug-likeness (QED) is 0.362. The van der Waals surface area contributed by atoms with E-state index in [1.54, 1.807) is 48.8 Å². The highest BCUT2D eigenvalue weighted by Crippen LogP contribution is 2.31. The van der Waals surface area contributed by atoms with Crippen LogP contribution in [0.5, 0.6) is 11.5 Å². The van der Waals surface area contributed by atoms with Crippen molar-refractivity contribution in [2.45, 2.75) is 11.4 Å². The zero-order chi connectivity index (χ0) is 23.7. The molecular weight excluding hydrogens is 444 g/mol. The Kier molecular flexibility index (Phi) is 8.11. The van der Waals surface area contributed by atoms with Crippen molar-refractivity contribution in [1.82, 2.24) is 14.7 Å². The molecule has 0 radical (unpaired) electrons. The second kappa shape index (κ2) is 11.2. The second-order valence-corrected chi connectivity index (χ2v) is 8.79. The fourth-order valence-corrected chi connectivity index (χ4v) is 4.37. The van der Waals surface area contributed by atoms with Crippen LogP contribution in [0.4, 0.5) is 0 Å². The van der Waals surface area contributed by atoms with Gasteiger partial charge in [0.1, 0.15) is 0 Å². The number of rotatable bonds is 10. The van der Waals surface area contributed by atoms with Crippen LogP contribution in [-0.2, 0) is 21.4 Å². The highest BCUT2D eigenvalue weighted by atomic mass is 32.2. The normalized spacial score (nSPS) is 11.5. The van der Waals surface area contributed by atoms with Crippen LogP contribution < -0.4 is 14.9 Å². The van der Waals surface area contributed by atoms with Gasteiger partial charge in [0.25, 0.3) is 5.91 Å². The SMILES string of the molecule is COc1ccc(S(=O)(=O)N(CC(=O)N/N=C\c2cccnc2)Cc2ccccc2)cc1OC. The summed E-state index contributed by atoms with van der Waals surface area (Å²) in [5.74, 6) is 0.0763. The van der Waals surface area contributed by atoms with Crippen LogP contribution in [0.25, 0.3) is 0 Å². The molecule has 3 rings (SSSR count). The second-order valence-electron chi connectivity index (χ2n) is 6.86. The Morgan fingerprint density at radius 1 is 1.06 bits per heavy atom. The number of nitrogens with one attached hydrogen (secondary N) is 1. The van der Waals surface area contributed by atoms with Crippen LogP contribution in [0.15, 0.2) is 83.1 Å². The minimum Gasteiger partial charge on any atom is -0.493 e. The van der Waals surface area contributed by atoms with Crippen molar-refractivity contribution in [3.8, 4) is 11.5 Å². The van der Waals surface area contributed by atoms with Gasteiger partial charge < -0.3 is 9.47 Å². The number of hydrogen-bond acceptors (Lipinski definition) is 7. The van der Waals surface area contributed by atoms with Gasteiger partial charge in [0.05, 0.1) is 31.9 Å². The summed E-state index contributed by atoms with van der Waals surface area (Å²) in [4.78, 5) is 16.5. The maximum atomic E-state index is 13.4. The molecule has 2 aromatic carbocycles. The van der Waals surface area contributed by atoms with Crippen molar-refractivity contribution >= 4 is 22.1 Å². The first-order chi connectivity index (χ1) is 15.9. The third kappa shape index (κ3) is 6.37. The van der Waals surface area contributed by atoms with Gasteiger partial charge in [-0.15, -0.1) is 0 Å². The molecule has 0 aliphatic heterocycles. The lowest BCUT2D eigenvalue weighted by atomic mass is 10.2. The number of nitrogens with zero attached hydrogens (tertiary/aromatic N) is 3. The third-order valence-corrected chi connectivity index (χ3v) is 6.39. The molecule has 1 heterocycles. The van der Waals surface area contributed by atoms with E-state index in [0.717, 1.165) is 9.87 Å². The third-order valence-electron chi connectivity index (χ3n) is 4.60. The van der Waals surface area contributed by atoms with E-state index in [1.807, 2.05) is 6.07 Å². The first-order valence-corrected chi connectivity index (χ1v) is 11.4. The van der Waals surface area contributed by atoms with Crippen LogP contribution in [-0.4, -0.2) is 50.6 Å². The lowest BCUT2D eigenvalue weighted by Crippen LogP contribution is -2.39. The van der Waals surface area contributed by atoms with Crippen molar-refractivity contribution in [3.05, 3.63) is 84.2 Å². The van der Waals surface area contributed by atoms with Gasteiger partial charge in [0.2, 0.25) is 10.0 Å². The summed E-state index contributed by atoms with van der Waals surface area (Å²) in [7, 11) is -1.17. The van der Waals surface area contributed by atoms with Gasteiger partial charge in [-0.3, -0.25) is 9.78 Å². The highest BCUT2D eigenvalue weighted by molar-refractivity contribution is 7.89. The lowest BCUT2D eigenvalue weighted by Gasteiger charge is -2.22. The molecule has 1 N–H and O–H groups in total. The Morgan fingerprint density at radius 2 is 1.82 bits per heavy atom. The fourth-order valence-electron chi connectivity index (χ4n) is 2.97. The summed E-state index contributed by atoms with van der Waals surface area (Å²) in [6.07, 6.45) is 4.63. The van der Waals surface area contributed by atoms with Gasteiger partial charge in [-0.1, -0.05) is 36.4 Å². The zero-order valence-corrected chi connectivity index (χ0v) is 19.0. The number of amides is 1. The summed E-state index contributed by atoms with van der Waals surface area (Å²) in [5.41, 5.74) is 3.79. The van der Waals surface area contributed by atoms with E-state index in [4.69, 9.17) is 9.47 Å². The van der Waals surface area contributed by atoms with Crippen LogP contribution in [0.2, 0.25) is 0 Å². The molecule has 0 aliphatic rings. The van der Waals surface area contributed by atoms with Crippen molar-refractivity contribution in [3.63, 3.8) is 0 Å². The molecule has 0 aliphatic carbocycles. The number of ether oxygens (including phenoxy) is 2. The Labute approximate surface area is 192 Å². The first-order valence-electron chi connectivity index (χ1n) is 9.92. The topological polar surface area (TPSA) is 110 Å². The molecule has 0 spiro atoms. The van der Waals surface area contributed by atoms with E-state index in [1.165, 1.54) is 38.6 Å². The molecule has 0 saturated carbocycles. The number of carbonyl (C=O) groups excluding carboxylic acids is 1. The van der Waals surface area contributed by atoms with Crippen LogP contribution >= 0.6 is 0 Å². The molecule has 10 heteroatoms. The molecule has 33 heavy (non-hydrogen) atoms. The largest absolute Gasteiger partial charge is 0.493 e. The number of pyridine rings is 1. The number of hydrogen-bond donors (Lipinski definition) is 1. The number of aromatic nitrogens is 1. The van der Waals surface area contributed by atoms with Crippen LogP contribution in [0.1, 0.15) is 11.1 Å². The maximum Gasteiger partial charge on any atom is 0.255 e. The molecule has 1 aromatic heterocycles. The summed E-state index contributed by atoms with van der Waals surface area (Å²) in [6.45, 7) is -0.437. The summed E-state index contributed by atoms with van der Waals surface area (Å²) < 4.78 is 38.4. The summed E-state index contributed by atoms with van der Waals surface area (Å²) in [6, 6.07) is 16.8. The van der Waals surface area contributed by atoms with E-state index in [-0.39, 0.29) is 17.2 Å². The Bertz CT molecular complexity index is 1200. The molecule has 9 nitrogen and oxygen atoms in total. The van der Waals surface area contributed by atoms with Crippen LogP contribution in [0, 0.1) is 0 Å². The van der Waals surface area contributed by atoms with Crippen molar-refractivity contribution < 1.29 is 22.7 Å². The van der Waals surface area contributed by atoms with Crippen molar-refractivity contribution in [1.29, 1.82) is 0 Å². The molecule has 0 saturated heterocycles. The predicted molar refractivity (Wildman–Crippen MR) is 124 cm³/mol. The van der Waals surface area contributed by atoms with E-state index in [9.17, 15) is 13.2 Å². The number of carbonyl (C=O) groups is 1. The maximum absolute atomic E-state index is 13.4. The summed E-state index contributed by atoms with van der Waals surface area (Å²) >= 11 is 0. The number of methoxy groups -OCH3 is 2. The smallest absolute Gasteiger partial charge is 0.255 e. The monoisotopic (exact) mass is 468 g/mol. The minimum atomic E-state index is -4.05. The van der Waals surface area contributed by atoms with Gasteiger partial charge in [0, 0.05) is 30.6 Å². The van der Waals surface area contributed by atoms with Gasteiger partial charge in [-0.05, 0) is 23.8 Å². The minimum absolute atomic E-state index is 0.00272. The molecular formula is C23H24N4O5S. The molecule has 0 bridgehead atoms. The van der Waals surface area contributed by atoms with E-state index in [0.29, 0.717) is 11.3 Å². The van der Waals surface area contributed by atoms with E-state index >= 15 is 0 Å². The zero-order valence-electron chi connectivity index (χ0n) is 18.2. The number of sulfonamides is 1. The molecule has 0 atom stereocenters. The van der Waals surface area contributed by atoms with E-state index in [2.05, 4.69) is 15.5 Å². The van der Waals surface area contributed by atoms with E-state index < -0.39 is 22.5 Å². The summed E-state index contributed by atoms with van der Waals surface area (Å²) in [5, 5.41) is 3.88.